The highest BCUT2D eigenvalue weighted by Gasteiger charge is 2.09. The first kappa shape index (κ1) is 30.5. The molecule has 0 spiro atoms. The van der Waals surface area contributed by atoms with Crippen LogP contribution in [0.3, 0.4) is 0 Å². The summed E-state index contributed by atoms with van der Waals surface area (Å²) in [5.41, 5.74) is 2.35. The third-order valence-electron chi connectivity index (χ3n) is 3.68. The van der Waals surface area contributed by atoms with Crippen LogP contribution in [0, 0.1) is 11.3 Å². The Morgan fingerprint density at radius 2 is 1.59 bits per heavy atom. The highest BCUT2D eigenvalue weighted by molar-refractivity contribution is 5.49. The van der Waals surface area contributed by atoms with E-state index in [4.69, 9.17) is 5.11 Å². The first-order valence-electron chi connectivity index (χ1n) is 11.0. The lowest BCUT2D eigenvalue weighted by atomic mass is 9.89. The summed E-state index contributed by atoms with van der Waals surface area (Å²) in [4.78, 5) is 0. The molecule has 1 aliphatic rings. The van der Waals surface area contributed by atoms with Crippen LogP contribution in [-0.4, -0.2) is 5.11 Å². The fraction of sp³-hybridized carbons (Fsp3) is 0.692. The average Bonchev–Trinajstić information content (AvgIpc) is 2.61. The molecule has 0 amide bonds. The molecule has 0 aromatic heterocycles. The number of hydrogen-bond acceptors (Lipinski definition) is 1. The van der Waals surface area contributed by atoms with Crippen LogP contribution < -0.4 is 0 Å². The second-order valence-electron chi connectivity index (χ2n) is 8.41. The lowest BCUT2D eigenvalue weighted by molar-refractivity contribution is 0.352. The normalized spacial score (nSPS) is 12.8. The predicted molar refractivity (Wildman–Crippen MR) is 127 cm³/mol. The van der Waals surface area contributed by atoms with Gasteiger partial charge >= 0.3 is 0 Å². The molecular weight excluding hydrogens is 328 g/mol. The molecule has 1 N–H and O–H groups in total. The summed E-state index contributed by atoms with van der Waals surface area (Å²) in [6.07, 6.45) is 14.6. The van der Waals surface area contributed by atoms with Crippen molar-refractivity contribution in [2.45, 2.75) is 107 Å². The number of aliphatic hydroxyl groups excluding tert-OH is 1. The van der Waals surface area contributed by atoms with Crippen molar-refractivity contribution < 1.29 is 5.11 Å². The molecule has 0 aromatic carbocycles. The first-order chi connectivity index (χ1) is 12.6. The topological polar surface area (TPSA) is 20.2 Å². The van der Waals surface area contributed by atoms with Crippen molar-refractivity contribution in [2.24, 2.45) is 11.3 Å². The van der Waals surface area contributed by atoms with Crippen LogP contribution in [0.25, 0.3) is 0 Å². The summed E-state index contributed by atoms with van der Waals surface area (Å²) in [6.45, 7) is 27.0. The molecule has 0 bridgehead atoms. The van der Waals surface area contributed by atoms with E-state index in [0.717, 1.165) is 29.9 Å². The quantitative estimate of drug-likeness (QED) is 0.360. The summed E-state index contributed by atoms with van der Waals surface area (Å²) in [5.74, 6) is 1.02. The summed E-state index contributed by atoms with van der Waals surface area (Å²) in [5, 5.41) is 9.13. The van der Waals surface area contributed by atoms with E-state index >= 15 is 0 Å². The maximum Gasteiger partial charge on any atom is 0.115 e. The van der Waals surface area contributed by atoms with Crippen LogP contribution >= 0.6 is 0 Å². The van der Waals surface area contributed by atoms with Gasteiger partial charge in [0.1, 0.15) is 5.76 Å². The van der Waals surface area contributed by atoms with Crippen molar-refractivity contribution in [1.29, 1.82) is 0 Å². The summed E-state index contributed by atoms with van der Waals surface area (Å²) in [7, 11) is 0. The van der Waals surface area contributed by atoms with Crippen LogP contribution in [0.4, 0.5) is 0 Å². The second-order valence-corrected chi connectivity index (χ2v) is 8.41. The smallest absolute Gasteiger partial charge is 0.115 e. The first-order valence-corrected chi connectivity index (χ1v) is 11.0. The minimum atomic E-state index is 0.135. The zero-order valence-corrected chi connectivity index (χ0v) is 20.1. The van der Waals surface area contributed by atoms with E-state index in [9.17, 15) is 0 Å². The standard InChI is InChI=1S/C11H24.C10H12O.C3H8.C2H6/c1-10(2)8-6-7-9-11(3,4)5;1-3-9-6-4-5-7-10(9)8(2)11;1-3-2;1-2/h10H,6-9H2,1-5H3;3,6-7,11H,1-2,4-5H2;3H2,1-2H3;1-2H3. The van der Waals surface area contributed by atoms with Gasteiger partial charge in [-0.2, -0.15) is 0 Å². The zero-order valence-electron chi connectivity index (χ0n) is 20.1. The van der Waals surface area contributed by atoms with Crippen molar-refractivity contribution >= 4 is 0 Å². The van der Waals surface area contributed by atoms with Gasteiger partial charge in [0.2, 0.25) is 0 Å². The van der Waals surface area contributed by atoms with Crippen LogP contribution in [0.15, 0.2) is 48.3 Å². The van der Waals surface area contributed by atoms with Crippen LogP contribution in [-0.2, 0) is 0 Å². The molecular formula is C26H50O. The van der Waals surface area contributed by atoms with Gasteiger partial charge in [-0.3, -0.25) is 0 Å². The van der Waals surface area contributed by atoms with Gasteiger partial charge < -0.3 is 5.11 Å². The molecule has 0 heterocycles. The molecule has 0 unspecified atom stereocenters. The van der Waals surface area contributed by atoms with Gasteiger partial charge in [0.05, 0.1) is 0 Å². The fourth-order valence-corrected chi connectivity index (χ4v) is 2.38. The van der Waals surface area contributed by atoms with E-state index in [1.54, 1.807) is 6.08 Å². The molecule has 1 heteroatoms. The third kappa shape index (κ3) is 22.7. The Hall–Kier alpha value is -1.24. The van der Waals surface area contributed by atoms with Crippen molar-refractivity contribution in [1.82, 2.24) is 0 Å². The largest absolute Gasteiger partial charge is 0.508 e. The molecule has 1 rings (SSSR count). The van der Waals surface area contributed by atoms with Crippen LogP contribution in [0.1, 0.15) is 107 Å². The van der Waals surface area contributed by atoms with Gasteiger partial charge in [-0.15, -0.1) is 0 Å². The number of rotatable bonds is 6. The van der Waals surface area contributed by atoms with Gasteiger partial charge in [0.15, 0.2) is 0 Å². The molecule has 0 aliphatic heterocycles. The van der Waals surface area contributed by atoms with E-state index < -0.39 is 0 Å². The molecule has 0 saturated heterocycles. The monoisotopic (exact) mass is 378 g/mol. The summed E-state index contributed by atoms with van der Waals surface area (Å²) >= 11 is 0. The molecule has 27 heavy (non-hydrogen) atoms. The Labute approximate surface area is 172 Å². The summed E-state index contributed by atoms with van der Waals surface area (Å²) in [6, 6.07) is 0. The average molecular weight is 379 g/mol. The van der Waals surface area contributed by atoms with Crippen molar-refractivity contribution in [2.75, 3.05) is 0 Å². The van der Waals surface area contributed by atoms with E-state index in [1.807, 2.05) is 19.9 Å². The van der Waals surface area contributed by atoms with Crippen molar-refractivity contribution in [3.8, 4) is 0 Å². The summed E-state index contributed by atoms with van der Waals surface area (Å²) < 4.78 is 0. The molecule has 0 aromatic rings. The van der Waals surface area contributed by atoms with Crippen molar-refractivity contribution in [3.63, 3.8) is 0 Å². The van der Waals surface area contributed by atoms with Crippen LogP contribution in [0.2, 0.25) is 0 Å². The minimum Gasteiger partial charge on any atom is -0.508 e. The molecule has 1 nitrogen and oxygen atoms in total. The fourth-order valence-electron chi connectivity index (χ4n) is 2.38. The van der Waals surface area contributed by atoms with Gasteiger partial charge in [0.25, 0.3) is 0 Å². The Kier molecular flexibility index (Phi) is 22.0. The van der Waals surface area contributed by atoms with Gasteiger partial charge in [-0.25, -0.2) is 0 Å². The number of hydrogen-bond donors (Lipinski definition) is 1. The van der Waals surface area contributed by atoms with Gasteiger partial charge in [-0.1, -0.05) is 119 Å². The van der Waals surface area contributed by atoms with Crippen LogP contribution in [0.5, 0.6) is 0 Å². The number of aliphatic hydroxyl groups is 1. The second kappa shape index (κ2) is 19.5. The van der Waals surface area contributed by atoms with Gasteiger partial charge in [0, 0.05) is 5.57 Å². The highest BCUT2D eigenvalue weighted by Crippen LogP contribution is 2.23. The van der Waals surface area contributed by atoms with Gasteiger partial charge in [-0.05, 0) is 36.2 Å². The molecule has 0 saturated carbocycles. The molecule has 1 aliphatic carbocycles. The maximum absolute atomic E-state index is 9.13. The lowest BCUT2D eigenvalue weighted by Gasteiger charge is -2.17. The highest BCUT2D eigenvalue weighted by atomic mass is 16.3. The predicted octanol–water partition coefficient (Wildman–Crippen LogP) is 9.58. The molecule has 160 valence electrons. The molecule has 0 radical (unpaired) electrons. The number of unbranched alkanes of at least 4 members (excludes halogenated alkanes) is 1. The van der Waals surface area contributed by atoms with E-state index in [0.29, 0.717) is 5.41 Å². The zero-order chi connectivity index (χ0) is 21.9. The number of allylic oxidation sites excluding steroid dienone is 4. The van der Waals surface area contributed by atoms with Crippen molar-refractivity contribution in [3.05, 3.63) is 48.3 Å². The Morgan fingerprint density at radius 1 is 1.11 bits per heavy atom. The maximum atomic E-state index is 9.13. The molecule has 0 fully saturated rings. The Balaban J connectivity index is -0.000000345. The Morgan fingerprint density at radius 3 is 1.93 bits per heavy atom. The van der Waals surface area contributed by atoms with E-state index in [2.05, 4.69) is 67.7 Å². The van der Waals surface area contributed by atoms with E-state index in [1.165, 1.54) is 32.1 Å². The Bertz CT molecular complexity index is 416. The van der Waals surface area contributed by atoms with E-state index in [-0.39, 0.29) is 5.76 Å². The minimum absolute atomic E-state index is 0.135. The third-order valence-corrected chi connectivity index (χ3v) is 3.68. The SMILES string of the molecule is C=CC1=CCCC=C1C(=C)O.CC.CC(C)CCCCC(C)(C)C.CCC. The lowest BCUT2D eigenvalue weighted by Crippen LogP contribution is -2.04. The molecule has 0 atom stereocenters.